The second-order valence-corrected chi connectivity index (χ2v) is 5.33. The Labute approximate surface area is 103 Å². The largest absolute Gasteiger partial charge is 0.319 e. The Morgan fingerprint density at radius 3 is 2.47 bits per heavy atom. The molecule has 0 radical (unpaired) electrons. The number of benzene rings is 1. The van der Waals surface area contributed by atoms with Gasteiger partial charge in [0.05, 0.1) is 0 Å². The Kier molecular flexibility index (Phi) is 3.79. The molecule has 94 valence electrons. The molecule has 3 heteroatoms. The van der Waals surface area contributed by atoms with Gasteiger partial charge in [-0.2, -0.15) is 0 Å². The molecule has 0 aliphatic heterocycles. The van der Waals surface area contributed by atoms with Gasteiger partial charge in [-0.1, -0.05) is 12.1 Å². The van der Waals surface area contributed by atoms with Crippen molar-refractivity contribution in [3.05, 3.63) is 35.6 Å². The van der Waals surface area contributed by atoms with Crippen LogP contribution in [0.1, 0.15) is 18.4 Å². The van der Waals surface area contributed by atoms with Crippen molar-refractivity contribution in [3.8, 4) is 0 Å². The van der Waals surface area contributed by atoms with Crippen molar-refractivity contribution in [3.63, 3.8) is 0 Å². The van der Waals surface area contributed by atoms with Crippen molar-refractivity contribution >= 4 is 0 Å². The summed E-state index contributed by atoms with van der Waals surface area (Å²) < 4.78 is 12.8. The van der Waals surface area contributed by atoms with Gasteiger partial charge in [-0.15, -0.1) is 0 Å². The number of nitrogens with zero attached hydrogens (tertiary/aromatic N) is 1. The third kappa shape index (κ3) is 3.51. The van der Waals surface area contributed by atoms with Crippen molar-refractivity contribution in [1.29, 1.82) is 0 Å². The van der Waals surface area contributed by atoms with Crippen LogP contribution in [0, 0.1) is 11.2 Å². The summed E-state index contributed by atoms with van der Waals surface area (Å²) >= 11 is 0. The molecule has 1 fully saturated rings. The molecule has 2 nitrogen and oxygen atoms in total. The molecule has 17 heavy (non-hydrogen) atoms. The van der Waals surface area contributed by atoms with Crippen molar-refractivity contribution in [2.75, 3.05) is 27.2 Å². The van der Waals surface area contributed by atoms with Crippen molar-refractivity contribution in [2.45, 2.75) is 19.4 Å². The summed E-state index contributed by atoms with van der Waals surface area (Å²) in [6, 6.07) is 6.79. The second-order valence-electron chi connectivity index (χ2n) is 5.33. The molecule has 1 aliphatic rings. The monoisotopic (exact) mass is 236 g/mol. The molecule has 2 rings (SSSR count). The van der Waals surface area contributed by atoms with E-state index in [0.29, 0.717) is 5.41 Å². The minimum Gasteiger partial charge on any atom is -0.319 e. The second kappa shape index (κ2) is 5.15. The lowest BCUT2D eigenvalue weighted by Gasteiger charge is -2.23. The fourth-order valence-corrected chi connectivity index (χ4v) is 2.47. The quantitative estimate of drug-likeness (QED) is 0.815. The van der Waals surface area contributed by atoms with Crippen molar-refractivity contribution in [1.82, 2.24) is 10.2 Å². The smallest absolute Gasteiger partial charge is 0.123 e. The number of nitrogens with one attached hydrogen (secondary N) is 1. The topological polar surface area (TPSA) is 15.3 Å². The van der Waals surface area contributed by atoms with Crippen LogP contribution in [0.15, 0.2) is 24.3 Å². The highest BCUT2D eigenvalue weighted by molar-refractivity contribution is 5.16. The molecule has 1 aromatic rings. The molecule has 1 aliphatic carbocycles. The van der Waals surface area contributed by atoms with E-state index in [-0.39, 0.29) is 5.82 Å². The van der Waals surface area contributed by atoms with Gasteiger partial charge in [0.1, 0.15) is 5.82 Å². The average Bonchev–Trinajstić information content (AvgIpc) is 3.02. The minimum atomic E-state index is -0.162. The third-order valence-corrected chi connectivity index (χ3v) is 3.48. The SMILES string of the molecule is CNCC1(CN(C)Cc2ccc(F)cc2)CC1. The van der Waals surface area contributed by atoms with Gasteiger partial charge in [-0.3, -0.25) is 0 Å². The molecule has 1 N–H and O–H groups in total. The van der Waals surface area contributed by atoms with Crippen LogP contribution in [-0.4, -0.2) is 32.1 Å². The summed E-state index contributed by atoms with van der Waals surface area (Å²) in [6.07, 6.45) is 2.64. The minimum absolute atomic E-state index is 0.162. The number of rotatable bonds is 6. The van der Waals surface area contributed by atoms with E-state index in [0.717, 1.165) is 19.6 Å². The maximum absolute atomic E-state index is 12.8. The van der Waals surface area contributed by atoms with E-state index in [1.165, 1.54) is 30.5 Å². The first kappa shape index (κ1) is 12.5. The van der Waals surface area contributed by atoms with Crippen LogP contribution < -0.4 is 5.32 Å². The van der Waals surface area contributed by atoms with E-state index >= 15 is 0 Å². The van der Waals surface area contributed by atoms with E-state index in [2.05, 4.69) is 17.3 Å². The molecule has 0 aromatic heterocycles. The molecule has 0 atom stereocenters. The summed E-state index contributed by atoms with van der Waals surface area (Å²) in [5.74, 6) is -0.162. The van der Waals surface area contributed by atoms with E-state index in [9.17, 15) is 4.39 Å². The molecular weight excluding hydrogens is 215 g/mol. The Hall–Kier alpha value is -0.930. The van der Waals surface area contributed by atoms with E-state index in [1.54, 1.807) is 0 Å². The van der Waals surface area contributed by atoms with Crippen LogP contribution in [0.4, 0.5) is 4.39 Å². The average molecular weight is 236 g/mol. The van der Waals surface area contributed by atoms with Crippen molar-refractivity contribution < 1.29 is 4.39 Å². The Balaban J connectivity index is 1.85. The highest BCUT2D eigenvalue weighted by atomic mass is 19.1. The molecule has 0 heterocycles. The molecule has 1 saturated carbocycles. The molecule has 0 bridgehead atoms. The Morgan fingerprint density at radius 2 is 1.94 bits per heavy atom. The van der Waals surface area contributed by atoms with E-state index in [4.69, 9.17) is 0 Å². The maximum Gasteiger partial charge on any atom is 0.123 e. The Bertz CT molecular complexity index is 357. The highest BCUT2D eigenvalue weighted by Gasteiger charge is 2.42. The Morgan fingerprint density at radius 1 is 1.29 bits per heavy atom. The zero-order valence-corrected chi connectivity index (χ0v) is 10.7. The van der Waals surface area contributed by atoms with Crippen LogP contribution in [0.3, 0.4) is 0 Å². The van der Waals surface area contributed by atoms with Gasteiger partial charge in [-0.25, -0.2) is 4.39 Å². The predicted octanol–water partition coefficient (Wildman–Crippen LogP) is 2.26. The maximum atomic E-state index is 12.8. The lowest BCUT2D eigenvalue weighted by atomic mass is 10.1. The van der Waals surface area contributed by atoms with Gasteiger partial charge >= 0.3 is 0 Å². The molecule has 0 spiro atoms. The first-order chi connectivity index (χ1) is 8.13. The number of hydrogen-bond donors (Lipinski definition) is 1. The van der Waals surface area contributed by atoms with Gasteiger partial charge in [0.2, 0.25) is 0 Å². The van der Waals surface area contributed by atoms with E-state index < -0.39 is 0 Å². The van der Waals surface area contributed by atoms with Crippen LogP contribution in [0.25, 0.3) is 0 Å². The van der Waals surface area contributed by atoms with Crippen LogP contribution in [0.2, 0.25) is 0 Å². The summed E-state index contributed by atoms with van der Waals surface area (Å²) in [6.45, 7) is 3.11. The molecular formula is C14H21FN2. The van der Waals surface area contributed by atoms with Gasteiger partial charge in [0.15, 0.2) is 0 Å². The lowest BCUT2D eigenvalue weighted by Crippen LogP contribution is -2.32. The highest BCUT2D eigenvalue weighted by Crippen LogP contribution is 2.45. The zero-order chi connectivity index (χ0) is 12.3. The summed E-state index contributed by atoms with van der Waals surface area (Å²) in [5.41, 5.74) is 1.66. The summed E-state index contributed by atoms with van der Waals surface area (Å²) in [7, 11) is 4.15. The first-order valence-corrected chi connectivity index (χ1v) is 6.21. The lowest BCUT2D eigenvalue weighted by molar-refractivity contribution is 0.252. The first-order valence-electron chi connectivity index (χ1n) is 6.21. The standard InChI is InChI=1S/C14H21FN2/c1-16-10-14(7-8-14)11-17(2)9-12-3-5-13(15)6-4-12/h3-6,16H,7-11H2,1-2H3. The van der Waals surface area contributed by atoms with Crippen LogP contribution in [0.5, 0.6) is 0 Å². The predicted molar refractivity (Wildman–Crippen MR) is 68.3 cm³/mol. The summed E-state index contributed by atoms with van der Waals surface area (Å²) in [4.78, 5) is 2.33. The number of halogens is 1. The number of hydrogen-bond acceptors (Lipinski definition) is 2. The van der Waals surface area contributed by atoms with Crippen LogP contribution in [-0.2, 0) is 6.54 Å². The van der Waals surface area contributed by atoms with Gasteiger partial charge in [-0.05, 0) is 50.0 Å². The van der Waals surface area contributed by atoms with Crippen LogP contribution >= 0.6 is 0 Å². The third-order valence-electron chi connectivity index (χ3n) is 3.48. The van der Waals surface area contributed by atoms with Gasteiger partial charge in [0.25, 0.3) is 0 Å². The van der Waals surface area contributed by atoms with Gasteiger partial charge < -0.3 is 10.2 Å². The normalized spacial score (nSPS) is 17.4. The molecule has 0 unspecified atom stereocenters. The fourth-order valence-electron chi connectivity index (χ4n) is 2.47. The van der Waals surface area contributed by atoms with Crippen molar-refractivity contribution in [2.24, 2.45) is 5.41 Å². The molecule has 1 aromatic carbocycles. The fraction of sp³-hybridized carbons (Fsp3) is 0.571. The van der Waals surface area contributed by atoms with Gasteiger partial charge in [0, 0.05) is 19.6 Å². The zero-order valence-electron chi connectivity index (χ0n) is 10.7. The summed E-state index contributed by atoms with van der Waals surface area (Å²) in [5, 5.41) is 3.27. The van der Waals surface area contributed by atoms with E-state index in [1.807, 2.05) is 19.2 Å². The molecule has 0 saturated heterocycles. The molecule has 0 amide bonds.